The molecular weight excluding hydrogens is 461 g/mol. The van der Waals surface area contributed by atoms with Gasteiger partial charge >= 0.3 is 5.97 Å². The topological polar surface area (TPSA) is 38.3 Å². The van der Waals surface area contributed by atoms with E-state index in [2.05, 4.69) is 33.4 Å². The van der Waals surface area contributed by atoms with Crippen LogP contribution in [0.4, 0.5) is 5.69 Å². The van der Waals surface area contributed by atoms with Gasteiger partial charge in [0.05, 0.1) is 7.11 Å². The summed E-state index contributed by atoms with van der Waals surface area (Å²) in [5.74, 6) is -0.244. The second-order valence-electron chi connectivity index (χ2n) is 7.48. The fourth-order valence-corrected chi connectivity index (χ4v) is 5.78. The molecule has 0 atom stereocenters. The van der Waals surface area contributed by atoms with Crippen LogP contribution in [0.5, 0.6) is 0 Å². The maximum absolute atomic E-state index is 12.8. The molecule has 0 amide bonds. The highest BCUT2D eigenvalue weighted by Gasteiger charge is 2.51. The van der Waals surface area contributed by atoms with Crippen molar-refractivity contribution in [3.63, 3.8) is 0 Å². The molecule has 0 aliphatic heterocycles. The van der Waals surface area contributed by atoms with Gasteiger partial charge in [-0.05, 0) is 67.2 Å². The normalized spacial score (nSPS) is 25.9. The summed E-state index contributed by atoms with van der Waals surface area (Å²) in [5.41, 5.74) is 2.20. The van der Waals surface area contributed by atoms with Crippen molar-refractivity contribution < 1.29 is 9.53 Å². The smallest absolute Gasteiger partial charge is 0.331 e. The van der Waals surface area contributed by atoms with Crippen LogP contribution in [-0.4, -0.2) is 18.6 Å². The number of benzene rings is 2. The van der Waals surface area contributed by atoms with Gasteiger partial charge in [-0.1, -0.05) is 57.3 Å². The number of allylic oxidation sites excluding steroid dienone is 1. The lowest BCUT2D eigenvalue weighted by Gasteiger charge is -2.45. The molecule has 0 heterocycles. The number of esters is 1. The van der Waals surface area contributed by atoms with Gasteiger partial charge in [-0.2, -0.15) is 0 Å². The number of fused-ring (bicyclic) bond motifs is 2. The highest BCUT2D eigenvalue weighted by molar-refractivity contribution is 9.11. The Bertz CT molecular complexity index is 965. The monoisotopic (exact) mass is 479 g/mol. The SMILES string of the molecule is COC(=O)C1(Nc2cccc(Cl)c2)CCC2(CC1)C(Br)=Cc1c(Cl)cccc12. The van der Waals surface area contributed by atoms with Crippen molar-refractivity contribution in [1.29, 1.82) is 0 Å². The summed E-state index contributed by atoms with van der Waals surface area (Å²) >= 11 is 16.3. The van der Waals surface area contributed by atoms with E-state index < -0.39 is 5.54 Å². The van der Waals surface area contributed by atoms with E-state index in [0.717, 1.165) is 33.6 Å². The van der Waals surface area contributed by atoms with Gasteiger partial charge in [0.15, 0.2) is 0 Å². The first-order chi connectivity index (χ1) is 13.4. The molecule has 6 heteroatoms. The average molecular weight is 481 g/mol. The second-order valence-corrected chi connectivity index (χ2v) is 9.18. The maximum Gasteiger partial charge on any atom is 0.331 e. The number of carbonyl (C=O) groups excluding carboxylic acids is 1. The molecule has 2 aliphatic carbocycles. The van der Waals surface area contributed by atoms with Crippen LogP contribution in [0.3, 0.4) is 0 Å². The molecule has 0 bridgehead atoms. The zero-order chi connectivity index (χ0) is 19.9. The molecule has 0 unspecified atom stereocenters. The van der Waals surface area contributed by atoms with E-state index in [1.54, 1.807) is 0 Å². The molecule has 1 saturated carbocycles. The van der Waals surface area contributed by atoms with Crippen molar-refractivity contribution in [2.45, 2.75) is 36.6 Å². The minimum Gasteiger partial charge on any atom is -0.467 e. The molecule has 0 radical (unpaired) electrons. The summed E-state index contributed by atoms with van der Waals surface area (Å²) < 4.78 is 6.31. The van der Waals surface area contributed by atoms with Gasteiger partial charge in [0.2, 0.25) is 0 Å². The lowest BCUT2D eigenvalue weighted by Crippen LogP contribution is -2.52. The first-order valence-corrected chi connectivity index (χ1v) is 10.7. The summed E-state index contributed by atoms with van der Waals surface area (Å²) in [7, 11) is 1.44. The van der Waals surface area contributed by atoms with E-state index in [1.165, 1.54) is 12.7 Å². The average Bonchev–Trinajstić information content (AvgIpc) is 2.96. The molecule has 2 aromatic rings. The molecule has 0 aromatic heterocycles. The largest absolute Gasteiger partial charge is 0.467 e. The molecule has 4 rings (SSSR count). The van der Waals surface area contributed by atoms with E-state index in [9.17, 15) is 4.79 Å². The van der Waals surface area contributed by atoms with Crippen molar-refractivity contribution in [3.8, 4) is 0 Å². The maximum atomic E-state index is 12.8. The van der Waals surface area contributed by atoms with Crippen molar-refractivity contribution in [2.24, 2.45) is 0 Å². The van der Waals surface area contributed by atoms with E-state index in [4.69, 9.17) is 27.9 Å². The third-order valence-electron chi connectivity index (χ3n) is 6.04. The van der Waals surface area contributed by atoms with Crippen LogP contribution >= 0.6 is 39.1 Å². The second kappa shape index (κ2) is 7.40. The molecule has 0 saturated heterocycles. The van der Waals surface area contributed by atoms with Crippen LogP contribution in [0.15, 0.2) is 46.9 Å². The molecular formula is C22H20BrCl2NO2. The van der Waals surface area contributed by atoms with Crippen LogP contribution in [-0.2, 0) is 14.9 Å². The number of carbonyl (C=O) groups is 1. The van der Waals surface area contributed by atoms with Crippen LogP contribution in [0.2, 0.25) is 10.0 Å². The third kappa shape index (κ3) is 3.16. The Hall–Kier alpha value is -1.49. The highest BCUT2D eigenvalue weighted by Crippen LogP contribution is 2.56. The standard InChI is InChI=1S/C22H20BrCl2NO2/c1-28-20(27)22(26-15-5-2-4-14(24)12-15)10-8-21(9-11-22)17-6-3-7-18(25)16(17)13-19(21)23/h2-7,12-13,26H,8-11H2,1H3. The van der Waals surface area contributed by atoms with E-state index in [-0.39, 0.29) is 11.4 Å². The van der Waals surface area contributed by atoms with E-state index in [1.807, 2.05) is 36.4 Å². The van der Waals surface area contributed by atoms with Crippen LogP contribution in [0, 0.1) is 0 Å². The Labute approximate surface area is 183 Å². The number of anilines is 1. The van der Waals surface area contributed by atoms with Crippen molar-refractivity contribution in [2.75, 3.05) is 12.4 Å². The van der Waals surface area contributed by atoms with Crippen molar-refractivity contribution >= 4 is 56.9 Å². The van der Waals surface area contributed by atoms with Gasteiger partial charge in [-0.15, -0.1) is 0 Å². The van der Waals surface area contributed by atoms with Crippen LogP contribution < -0.4 is 5.32 Å². The number of hydrogen-bond donors (Lipinski definition) is 1. The third-order valence-corrected chi connectivity index (χ3v) is 7.59. The highest BCUT2D eigenvalue weighted by atomic mass is 79.9. The first-order valence-electron chi connectivity index (χ1n) is 9.19. The number of methoxy groups -OCH3 is 1. The number of halogens is 3. The van der Waals surface area contributed by atoms with Crippen LogP contribution in [0.1, 0.15) is 36.8 Å². The van der Waals surface area contributed by atoms with E-state index in [0.29, 0.717) is 17.9 Å². The molecule has 28 heavy (non-hydrogen) atoms. The number of hydrogen-bond acceptors (Lipinski definition) is 3. The summed E-state index contributed by atoms with van der Waals surface area (Å²) in [6.45, 7) is 0. The predicted octanol–water partition coefficient (Wildman–Crippen LogP) is 6.58. The minimum absolute atomic E-state index is 0.145. The number of ether oxygens (including phenoxy) is 1. The number of rotatable bonds is 3. The lowest BCUT2D eigenvalue weighted by atomic mass is 9.65. The Morgan fingerprint density at radius 1 is 1.11 bits per heavy atom. The molecule has 1 fully saturated rings. The fraction of sp³-hybridized carbons (Fsp3) is 0.318. The number of nitrogens with one attached hydrogen (secondary N) is 1. The predicted molar refractivity (Wildman–Crippen MR) is 118 cm³/mol. The van der Waals surface area contributed by atoms with Gasteiger partial charge in [0, 0.05) is 25.6 Å². The summed E-state index contributed by atoms with van der Waals surface area (Å²) in [4.78, 5) is 12.8. The molecule has 2 aliphatic rings. The zero-order valence-corrected chi connectivity index (χ0v) is 18.5. The van der Waals surface area contributed by atoms with Gasteiger partial charge < -0.3 is 10.1 Å². The Balaban J connectivity index is 1.66. The Kier molecular flexibility index (Phi) is 5.24. The van der Waals surface area contributed by atoms with Crippen LogP contribution in [0.25, 0.3) is 6.08 Å². The van der Waals surface area contributed by atoms with E-state index >= 15 is 0 Å². The summed E-state index contributed by atoms with van der Waals surface area (Å²) in [6, 6.07) is 13.5. The van der Waals surface area contributed by atoms with Gasteiger partial charge in [-0.25, -0.2) is 4.79 Å². The first kappa shape index (κ1) is 19.8. The summed E-state index contributed by atoms with van der Waals surface area (Å²) in [5, 5.41) is 4.81. The zero-order valence-electron chi connectivity index (χ0n) is 15.4. The quantitative estimate of drug-likeness (QED) is 0.504. The minimum atomic E-state index is -0.778. The molecule has 3 nitrogen and oxygen atoms in total. The van der Waals surface area contributed by atoms with Gasteiger partial charge in [0.25, 0.3) is 0 Å². The molecule has 146 valence electrons. The Morgan fingerprint density at radius 2 is 1.82 bits per heavy atom. The summed E-state index contributed by atoms with van der Waals surface area (Å²) in [6.07, 6.45) is 5.01. The van der Waals surface area contributed by atoms with Gasteiger partial charge in [-0.3, -0.25) is 0 Å². The van der Waals surface area contributed by atoms with Gasteiger partial charge in [0.1, 0.15) is 5.54 Å². The van der Waals surface area contributed by atoms with Crippen molar-refractivity contribution in [3.05, 3.63) is 68.1 Å². The fourth-order valence-electron chi connectivity index (χ4n) is 4.52. The Morgan fingerprint density at radius 3 is 2.50 bits per heavy atom. The molecule has 2 aromatic carbocycles. The van der Waals surface area contributed by atoms with Crippen molar-refractivity contribution in [1.82, 2.24) is 0 Å². The lowest BCUT2D eigenvalue weighted by molar-refractivity contribution is -0.147. The molecule has 1 spiro atoms. The molecule has 1 N–H and O–H groups in total.